The van der Waals surface area contributed by atoms with Crippen molar-refractivity contribution >= 4 is 11.5 Å². The molecule has 0 fully saturated rings. The number of rotatable bonds is 5. The van der Waals surface area contributed by atoms with Gasteiger partial charge >= 0.3 is 6.61 Å². The average molecular weight is 354 g/mol. The number of hydrogen-bond acceptors (Lipinski definition) is 4. The van der Waals surface area contributed by atoms with Crippen molar-refractivity contribution in [3.8, 4) is 11.8 Å². The predicted molar refractivity (Wildman–Crippen MR) is 92.7 cm³/mol. The van der Waals surface area contributed by atoms with Gasteiger partial charge in [-0.05, 0) is 43.7 Å². The summed E-state index contributed by atoms with van der Waals surface area (Å²) in [5.41, 5.74) is 2.45. The van der Waals surface area contributed by atoms with E-state index >= 15 is 0 Å². The number of fused-ring (bicyclic) bond motifs is 1. The number of aliphatic imine (C=N–C) groups is 1. The van der Waals surface area contributed by atoms with Crippen LogP contribution in [0, 0.1) is 11.3 Å². The maximum Gasteiger partial charge on any atom is 0.387 e. The smallest absolute Gasteiger partial charge is 0.387 e. The molecule has 3 rings (SSSR count). The normalized spacial score (nSPS) is 14.5. The molecule has 4 nitrogen and oxygen atoms in total. The second kappa shape index (κ2) is 6.68. The topological polar surface area (TPSA) is 62.5 Å². The molecule has 0 saturated carbocycles. The number of nitriles is 1. The van der Waals surface area contributed by atoms with Crippen LogP contribution in [0.15, 0.2) is 47.5 Å². The number of carbonyl (C=O) groups is 1. The van der Waals surface area contributed by atoms with E-state index in [1.54, 1.807) is 30.3 Å². The lowest BCUT2D eigenvalue weighted by atomic mass is 9.91. The summed E-state index contributed by atoms with van der Waals surface area (Å²) in [6.07, 6.45) is 0.0421. The van der Waals surface area contributed by atoms with E-state index < -0.39 is 12.2 Å². The summed E-state index contributed by atoms with van der Waals surface area (Å²) in [6.45, 7) is 0.889. The number of Topliss-reactive ketones (excluding diaryl/α,β-unsaturated/α-hetero) is 1. The molecule has 6 heteroatoms. The molecule has 0 unspecified atom stereocenters. The summed E-state index contributed by atoms with van der Waals surface area (Å²) in [5.74, 6) is -0.118. The van der Waals surface area contributed by atoms with Gasteiger partial charge in [-0.2, -0.15) is 14.0 Å². The van der Waals surface area contributed by atoms with Gasteiger partial charge in [-0.1, -0.05) is 18.2 Å². The van der Waals surface area contributed by atoms with Crippen LogP contribution in [0.2, 0.25) is 0 Å². The number of halogens is 2. The Labute approximate surface area is 149 Å². The molecule has 0 aliphatic carbocycles. The summed E-state index contributed by atoms with van der Waals surface area (Å²) in [5, 5.41) is 8.83. The van der Waals surface area contributed by atoms with Gasteiger partial charge < -0.3 is 4.74 Å². The highest BCUT2D eigenvalue weighted by Crippen LogP contribution is 2.38. The third kappa shape index (κ3) is 3.47. The molecule has 26 heavy (non-hydrogen) atoms. The van der Waals surface area contributed by atoms with Crippen LogP contribution < -0.4 is 4.74 Å². The number of carbonyl (C=O) groups excluding carboxylic acids is 1. The minimum atomic E-state index is -2.91. The second-order valence-corrected chi connectivity index (χ2v) is 6.49. The number of hydrogen-bond donors (Lipinski definition) is 0. The summed E-state index contributed by atoms with van der Waals surface area (Å²) in [4.78, 5) is 17.2. The first-order chi connectivity index (χ1) is 12.3. The SMILES string of the molecule is CC1(C)N=C(CC(=O)c2ccc(C#N)cc2)c2cc(OC(F)F)ccc21. The Kier molecular flexibility index (Phi) is 4.56. The van der Waals surface area contributed by atoms with Crippen molar-refractivity contribution < 1.29 is 18.3 Å². The zero-order valence-electron chi connectivity index (χ0n) is 14.3. The van der Waals surface area contributed by atoms with Gasteiger partial charge in [0.05, 0.1) is 29.3 Å². The van der Waals surface area contributed by atoms with Gasteiger partial charge in [-0.3, -0.25) is 9.79 Å². The van der Waals surface area contributed by atoms with E-state index in [0.29, 0.717) is 22.4 Å². The maximum absolute atomic E-state index is 12.6. The molecule has 0 saturated heterocycles. The molecule has 2 aromatic rings. The van der Waals surface area contributed by atoms with Crippen LogP contribution in [0.25, 0.3) is 0 Å². The Balaban J connectivity index is 1.89. The van der Waals surface area contributed by atoms with Crippen molar-refractivity contribution in [3.05, 3.63) is 64.7 Å². The van der Waals surface area contributed by atoms with Gasteiger partial charge in [0, 0.05) is 11.1 Å². The van der Waals surface area contributed by atoms with Gasteiger partial charge in [0.15, 0.2) is 5.78 Å². The van der Waals surface area contributed by atoms with Gasteiger partial charge in [-0.15, -0.1) is 0 Å². The van der Waals surface area contributed by atoms with Crippen molar-refractivity contribution in [2.45, 2.75) is 32.4 Å². The number of benzene rings is 2. The van der Waals surface area contributed by atoms with Crippen molar-refractivity contribution in [2.24, 2.45) is 4.99 Å². The monoisotopic (exact) mass is 354 g/mol. The van der Waals surface area contributed by atoms with Crippen LogP contribution in [-0.4, -0.2) is 18.1 Å². The van der Waals surface area contributed by atoms with Crippen molar-refractivity contribution in [1.29, 1.82) is 5.26 Å². The van der Waals surface area contributed by atoms with E-state index in [-0.39, 0.29) is 18.0 Å². The minimum absolute atomic E-state index is 0.0370. The second-order valence-electron chi connectivity index (χ2n) is 6.49. The Bertz CT molecular complexity index is 926. The molecule has 0 N–H and O–H groups in total. The molecule has 1 aliphatic rings. The molecule has 0 bridgehead atoms. The largest absolute Gasteiger partial charge is 0.435 e. The number of nitrogens with zero attached hydrogens (tertiary/aromatic N) is 2. The van der Waals surface area contributed by atoms with Crippen LogP contribution >= 0.6 is 0 Å². The first-order valence-corrected chi connectivity index (χ1v) is 8.02. The molecule has 1 heterocycles. The maximum atomic E-state index is 12.6. The number of ether oxygens (including phenoxy) is 1. The van der Waals surface area contributed by atoms with Gasteiger partial charge in [0.1, 0.15) is 5.75 Å². The minimum Gasteiger partial charge on any atom is -0.435 e. The van der Waals surface area contributed by atoms with E-state index in [1.165, 1.54) is 12.1 Å². The molecular weight excluding hydrogens is 338 g/mol. The number of alkyl halides is 2. The zero-order chi connectivity index (χ0) is 18.9. The van der Waals surface area contributed by atoms with E-state index in [0.717, 1.165) is 5.56 Å². The molecule has 0 atom stereocenters. The van der Waals surface area contributed by atoms with E-state index in [1.807, 2.05) is 19.9 Å². The lowest BCUT2D eigenvalue weighted by Gasteiger charge is -2.16. The van der Waals surface area contributed by atoms with Gasteiger partial charge in [0.25, 0.3) is 0 Å². The van der Waals surface area contributed by atoms with E-state index in [4.69, 9.17) is 5.26 Å². The molecule has 2 aromatic carbocycles. The highest BCUT2D eigenvalue weighted by atomic mass is 19.3. The van der Waals surface area contributed by atoms with E-state index in [2.05, 4.69) is 9.73 Å². The van der Waals surface area contributed by atoms with Crippen LogP contribution in [0.3, 0.4) is 0 Å². The Morgan fingerprint density at radius 1 is 1.23 bits per heavy atom. The predicted octanol–water partition coefficient (Wildman–Crippen LogP) is 4.47. The first-order valence-electron chi connectivity index (χ1n) is 8.02. The van der Waals surface area contributed by atoms with Crippen LogP contribution in [0.4, 0.5) is 8.78 Å². The Morgan fingerprint density at radius 3 is 2.54 bits per heavy atom. The summed E-state index contributed by atoms with van der Waals surface area (Å²) >= 11 is 0. The average Bonchev–Trinajstić information content (AvgIpc) is 2.84. The third-order valence-corrected chi connectivity index (χ3v) is 4.26. The molecule has 132 valence electrons. The standard InChI is InChI=1S/C20H16F2N2O2/c1-20(2)16-8-7-14(26-19(21)22)9-15(16)17(24-20)10-18(25)13-5-3-12(11-23)4-6-13/h3-9,19H,10H2,1-2H3. The van der Waals surface area contributed by atoms with Crippen molar-refractivity contribution in [1.82, 2.24) is 0 Å². The van der Waals surface area contributed by atoms with Crippen LogP contribution in [0.5, 0.6) is 5.75 Å². The summed E-state index contributed by atoms with van der Waals surface area (Å²) < 4.78 is 29.4. The Morgan fingerprint density at radius 2 is 1.92 bits per heavy atom. The van der Waals surface area contributed by atoms with Crippen molar-refractivity contribution in [3.63, 3.8) is 0 Å². The quantitative estimate of drug-likeness (QED) is 0.744. The number of ketones is 1. The summed E-state index contributed by atoms with van der Waals surface area (Å²) in [6, 6.07) is 13.0. The summed E-state index contributed by atoms with van der Waals surface area (Å²) in [7, 11) is 0. The third-order valence-electron chi connectivity index (χ3n) is 4.26. The highest BCUT2D eigenvalue weighted by molar-refractivity contribution is 6.17. The van der Waals surface area contributed by atoms with Crippen LogP contribution in [0.1, 0.15) is 47.3 Å². The molecule has 0 radical (unpaired) electrons. The van der Waals surface area contributed by atoms with E-state index in [9.17, 15) is 13.6 Å². The fourth-order valence-corrected chi connectivity index (χ4v) is 3.05. The molecule has 0 spiro atoms. The fraction of sp³-hybridized carbons (Fsp3) is 0.250. The lowest BCUT2D eigenvalue weighted by Crippen LogP contribution is -2.10. The lowest BCUT2D eigenvalue weighted by molar-refractivity contribution is -0.0498. The molecular formula is C20H16F2N2O2. The van der Waals surface area contributed by atoms with Gasteiger partial charge in [0.2, 0.25) is 0 Å². The molecule has 0 aromatic heterocycles. The molecule has 0 amide bonds. The highest BCUT2D eigenvalue weighted by Gasteiger charge is 2.32. The zero-order valence-corrected chi connectivity index (χ0v) is 14.3. The Hall–Kier alpha value is -3.07. The van der Waals surface area contributed by atoms with Crippen LogP contribution in [-0.2, 0) is 5.54 Å². The first kappa shape index (κ1) is 17.7. The van der Waals surface area contributed by atoms with Gasteiger partial charge in [-0.25, -0.2) is 0 Å². The molecule has 1 aliphatic heterocycles. The van der Waals surface area contributed by atoms with Crippen molar-refractivity contribution in [2.75, 3.05) is 0 Å². The fourth-order valence-electron chi connectivity index (χ4n) is 3.05.